The third kappa shape index (κ3) is 3.72. The summed E-state index contributed by atoms with van der Waals surface area (Å²) in [6, 6.07) is 4.84. The van der Waals surface area contributed by atoms with E-state index in [0.717, 1.165) is 6.07 Å². The highest BCUT2D eigenvalue weighted by molar-refractivity contribution is 6.32. The lowest BCUT2D eigenvalue weighted by Crippen LogP contribution is -1.98. The van der Waals surface area contributed by atoms with E-state index in [0.29, 0.717) is 12.2 Å². The van der Waals surface area contributed by atoms with Crippen LogP contribution in [0, 0.1) is 11.9 Å². The van der Waals surface area contributed by atoms with Gasteiger partial charge in [-0.15, -0.1) is 0 Å². The molecule has 4 heteroatoms. The second-order valence-electron chi connectivity index (χ2n) is 2.67. The van der Waals surface area contributed by atoms with Crippen molar-refractivity contribution >= 4 is 23.6 Å². The van der Waals surface area contributed by atoms with Gasteiger partial charge in [-0.25, -0.2) is 9.18 Å². The van der Waals surface area contributed by atoms with Crippen molar-refractivity contribution in [3.63, 3.8) is 0 Å². The number of esters is 1. The molecule has 0 saturated heterocycles. The van der Waals surface area contributed by atoms with E-state index in [-0.39, 0.29) is 5.02 Å². The van der Waals surface area contributed by atoms with Gasteiger partial charge in [-0.2, -0.15) is 0 Å². The summed E-state index contributed by atoms with van der Waals surface area (Å²) in [6.07, 6.45) is 2.69. The number of hydrogen-bond donors (Lipinski definition) is 0. The topological polar surface area (TPSA) is 26.3 Å². The van der Waals surface area contributed by atoms with Crippen LogP contribution in [0.25, 0.3) is 6.08 Å². The van der Waals surface area contributed by atoms with E-state index in [1.807, 2.05) is 0 Å². The SMILES string of the molecule is CCOC(=O)C=Cc1c[c]c(F)cc1Cl. The van der Waals surface area contributed by atoms with E-state index in [4.69, 9.17) is 11.6 Å². The van der Waals surface area contributed by atoms with Crippen LogP contribution in [0.1, 0.15) is 12.5 Å². The molecule has 0 fully saturated rings. The normalized spacial score (nSPS) is 10.6. The molecular formula is C11H9ClFO2. The van der Waals surface area contributed by atoms with E-state index >= 15 is 0 Å². The molecule has 0 aliphatic heterocycles. The highest BCUT2D eigenvalue weighted by Crippen LogP contribution is 2.18. The van der Waals surface area contributed by atoms with Crippen molar-refractivity contribution in [1.29, 1.82) is 0 Å². The predicted octanol–water partition coefficient (Wildman–Crippen LogP) is 2.86. The van der Waals surface area contributed by atoms with Crippen LogP contribution in [0.5, 0.6) is 0 Å². The molecule has 0 atom stereocenters. The monoisotopic (exact) mass is 227 g/mol. The molecule has 0 aliphatic rings. The lowest BCUT2D eigenvalue weighted by atomic mass is 10.2. The van der Waals surface area contributed by atoms with Gasteiger partial charge in [0.05, 0.1) is 11.6 Å². The van der Waals surface area contributed by atoms with Gasteiger partial charge in [-0.3, -0.25) is 0 Å². The van der Waals surface area contributed by atoms with Crippen LogP contribution in [-0.2, 0) is 9.53 Å². The van der Waals surface area contributed by atoms with Crippen molar-refractivity contribution in [1.82, 2.24) is 0 Å². The summed E-state index contributed by atoms with van der Waals surface area (Å²) in [6.45, 7) is 2.02. The van der Waals surface area contributed by atoms with Gasteiger partial charge in [0.15, 0.2) is 0 Å². The summed E-state index contributed by atoms with van der Waals surface area (Å²) >= 11 is 5.73. The van der Waals surface area contributed by atoms with E-state index in [2.05, 4.69) is 10.8 Å². The number of carbonyl (C=O) groups excluding carboxylic acids is 1. The molecule has 0 saturated carbocycles. The molecular weight excluding hydrogens is 219 g/mol. The molecule has 1 rings (SSSR count). The predicted molar refractivity (Wildman–Crippen MR) is 55.9 cm³/mol. The summed E-state index contributed by atoms with van der Waals surface area (Å²) in [5, 5.41) is 0.229. The smallest absolute Gasteiger partial charge is 0.330 e. The molecule has 0 N–H and O–H groups in total. The number of benzene rings is 1. The van der Waals surface area contributed by atoms with Crippen LogP contribution >= 0.6 is 11.6 Å². The first kappa shape index (κ1) is 11.7. The number of rotatable bonds is 3. The Labute approximate surface area is 92.3 Å². The summed E-state index contributed by atoms with van der Waals surface area (Å²) in [5.74, 6) is -0.994. The van der Waals surface area contributed by atoms with Crippen LogP contribution in [0.15, 0.2) is 18.2 Å². The third-order valence-corrected chi connectivity index (χ3v) is 1.91. The van der Waals surface area contributed by atoms with Gasteiger partial charge in [-0.1, -0.05) is 11.6 Å². The molecule has 1 aromatic rings. The van der Waals surface area contributed by atoms with Crippen molar-refractivity contribution < 1.29 is 13.9 Å². The second-order valence-corrected chi connectivity index (χ2v) is 3.08. The minimum atomic E-state index is -0.534. The second kappa shape index (κ2) is 5.51. The lowest BCUT2D eigenvalue weighted by Gasteiger charge is -1.98. The first-order valence-corrected chi connectivity index (χ1v) is 4.73. The molecule has 15 heavy (non-hydrogen) atoms. The molecule has 1 aromatic carbocycles. The van der Waals surface area contributed by atoms with Crippen LogP contribution in [0.4, 0.5) is 4.39 Å². The summed E-state index contributed by atoms with van der Waals surface area (Å²) < 4.78 is 17.3. The van der Waals surface area contributed by atoms with Crippen LogP contribution in [0.2, 0.25) is 5.02 Å². The molecule has 1 radical (unpaired) electrons. The molecule has 0 bridgehead atoms. The Hall–Kier alpha value is -1.35. The van der Waals surface area contributed by atoms with Gasteiger partial charge in [0.25, 0.3) is 0 Å². The van der Waals surface area contributed by atoms with Crippen molar-refractivity contribution in [3.05, 3.63) is 40.7 Å². The lowest BCUT2D eigenvalue weighted by molar-refractivity contribution is -0.137. The van der Waals surface area contributed by atoms with Crippen LogP contribution in [-0.4, -0.2) is 12.6 Å². The standard InChI is InChI=1S/C11H9ClFO2/c1-2-15-11(14)6-4-8-3-5-9(13)7-10(8)12/h3-4,6-7H,2H2,1H3. The summed E-state index contributed by atoms with van der Waals surface area (Å²) in [4.78, 5) is 11.0. The fraction of sp³-hybridized carbons (Fsp3) is 0.182. The van der Waals surface area contributed by atoms with Gasteiger partial charge in [0.1, 0.15) is 5.82 Å². The molecule has 0 aliphatic carbocycles. The van der Waals surface area contributed by atoms with Crippen molar-refractivity contribution in [2.24, 2.45) is 0 Å². The first-order chi connectivity index (χ1) is 7.13. The molecule has 0 heterocycles. The Morgan fingerprint density at radius 1 is 1.73 bits per heavy atom. The molecule has 2 nitrogen and oxygen atoms in total. The molecule has 0 spiro atoms. The van der Waals surface area contributed by atoms with Crippen molar-refractivity contribution in [3.8, 4) is 0 Å². The van der Waals surface area contributed by atoms with Gasteiger partial charge < -0.3 is 4.74 Å². The molecule has 79 valence electrons. The maximum Gasteiger partial charge on any atom is 0.330 e. The number of halogens is 2. The Kier molecular flexibility index (Phi) is 4.31. The Bertz CT molecular complexity index is 388. The number of carbonyl (C=O) groups is 1. The highest BCUT2D eigenvalue weighted by Gasteiger charge is 2.00. The molecule has 0 unspecified atom stereocenters. The minimum Gasteiger partial charge on any atom is -0.463 e. The van der Waals surface area contributed by atoms with Crippen LogP contribution < -0.4 is 0 Å². The largest absolute Gasteiger partial charge is 0.463 e. The zero-order valence-electron chi connectivity index (χ0n) is 8.09. The van der Waals surface area contributed by atoms with Gasteiger partial charge in [0, 0.05) is 12.1 Å². The van der Waals surface area contributed by atoms with Crippen molar-refractivity contribution in [2.45, 2.75) is 6.92 Å². The minimum absolute atomic E-state index is 0.229. The van der Waals surface area contributed by atoms with Gasteiger partial charge in [-0.05, 0) is 30.7 Å². The number of hydrogen-bond acceptors (Lipinski definition) is 2. The van der Waals surface area contributed by atoms with E-state index in [1.165, 1.54) is 18.2 Å². The average Bonchev–Trinajstić information content (AvgIpc) is 2.17. The van der Waals surface area contributed by atoms with E-state index < -0.39 is 11.8 Å². The van der Waals surface area contributed by atoms with Crippen molar-refractivity contribution in [2.75, 3.05) is 6.61 Å². The Morgan fingerprint density at radius 3 is 3.07 bits per heavy atom. The Morgan fingerprint density at radius 2 is 2.47 bits per heavy atom. The van der Waals surface area contributed by atoms with E-state index in [9.17, 15) is 9.18 Å². The fourth-order valence-electron chi connectivity index (χ4n) is 0.928. The average molecular weight is 228 g/mol. The quantitative estimate of drug-likeness (QED) is 0.586. The highest BCUT2D eigenvalue weighted by atomic mass is 35.5. The molecule has 0 amide bonds. The van der Waals surface area contributed by atoms with Gasteiger partial charge >= 0.3 is 5.97 Å². The fourth-order valence-corrected chi connectivity index (χ4v) is 1.14. The Balaban J connectivity index is 2.76. The third-order valence-electron chi connectivity index (χ3n) is 1.58. The number of ether oxygens (including phenoxy) is 1. The summed E-state index contributed by atoms with van der Waals surface area (Å²) in [7, 11) is 0. The summed E-state index contributed by atoms with van der Waals surface area (Å²) in [5.41, 5.74) is 0.520. The first-order valence-electron chi connectivity index (χ1n) is 4.35. The van der Waals surface area contributed by atoms with E-state index in [1.54, 1.807) is 6.92 Å². The maximum atomic E-state index is 12.6. The zero-order chi connectivity index (χ0) is 11.3. The van der Waals surface area contributed by atoms with Crippen LogP contribution in [0.3, 0.4) is 0 Å². The maximum absolute atomic E-state index is 12.6. The zero-order valence-corrected chi connectivity index (χ0v) is 8.84. The molecule has 0 aromatic heterocycles. The van der Waals surface area contributed by atoms with Gasteiger partial charge in [0.2, 0.25) is 0 Å².